The van der Waals surface area contributed by atoms with Gasteiger partial charge >= 0.3 is 5.82 Å². The number of carbonyl (C=O) groups excluding carboxylic acids is 1. The van der Waals surface area contributed by atoms with Crippen LogP contribution in [0.3, 0.4) is 0 Å². The third kappa shape index (κ3) is 3.40. The minimum atomic E-state index is -0.739. The molecule has 0 unspecified atom stereocenters. The normalized spacial score (nSPS) is 10.2. The fourth-order valence-corrected chi connectivity index (χ4v) is 1.33. The van der Waals surface area contributed by atoms with Crippen LogP contribution in [-0.4, -0.2) is 41.3 Å². The second kappa shape index (κ2) is 6.16. The molecule has 0 aliphatic heterocycles. The lowest BCUT2D eigenvalue weighted by Crippen LogP contribution is -2.25. The third-order valence-electron chi connectivity index (χ3n) is 1.90. The number of nitrogens with zero attached hydrogens (tertiary/aromatic N) is 2. The fraction of sp³-hybridized carbons (Fsp3) is 0.500. The monoisotopic (exact) mass is 262 g/mol. The van der Waals surface area contributed by atoms with E-state index in [4.69, 9.17) is 16.3 Å². The summed E-state index contributed by atoms with van der Waals surface area (Å²) < 4.78 is 4.80. The van der Waals surface area contributed by atoms with Crippen molar-refractivity contribution in [3.05, 3.63) is 20.8 Å². The molecular formula is C8H11ClN4O4. The van der Waals surface area contributed by atoms with E-state index in [2.05, 4.69) is 15.5 Å². The summed E-state index contributed by atoms with van der Waals surface area (Å²) >= 11 is 5.63. The molecular weight excluding hydrogens is 252 g/mol. The summed E-state index contributed by atoms with van der Waals surface area (Å²) in [6, 6.07) is 0. The summed E-state index contributed by atoms with van der Waals surface area (Å²) in [5.41, 5.74) is -0.184. The number of methoxy groups -OCH3 is 1. The minimum Gasteiger partial charge on any atom is -0.385 e. The van der Waals surface area contributed by atoms with E-state index in [1.165, 1.54) is 0 Å². The lowest BCUT2D eigenvalue weighted by atomic mass is 10.3. The number of nitro groups is 1. The molecule has 94 valence electrons. The van der Waals surface area contributed by atoms with Crippen molar-refractivity contribution in [3.63, 3.8) is 0 Å². The summed E-state index contributed by atoms with van der Waals surface area (Å²) in [5.74, 6) is -1.05. The van der Waals surface area contributed by atoms with Crippen LogP contribution in [0.4, 0.5) is 5.82 Å². The van der Waals surface area contributed by atoms with E-state index >= 15 is 0 Å². The Kier molecular flexibility index (Phi) is 4.85. The number of aromatic amines is 1. The van der Waals surface area contributed by atoms with Crippen LogP contribution in [0.25, 0.3) is 0 Å². The summed E-state index contributed by atoms with van der Waals surface area (Å²) in [6.07, 6.45) is 0.631. The second-order valence-corrected chi connectivity index (χ2v) is 3.47. The molecule has 9 heteroatoms. The van der Waals surface area contributed by atoms with Crippen molar-refractivity contribution in [2.75, 3.05) is 20.3 Å². The highest BCUT2D eigenvalue weighted by Gasteiger charge is 2.24. The first-order valence-corrected chi connectivity index (χ1v) is 5.11. The second-order valence-electron chi connectivity index (χ2n) is 3.09. The number of H-pyrrole nitrogens is 1. The summed E-state index contributed by atoms with van der Waals surface area (Å²) in [5, 5.41) is 18.3. The predicted molar refractivity (Wildman–Crippen MR) is 59.1 cm³/mol. The molecule has 0 spiro atoms. The number of hydrogen-bond acceptors (Lipinski definition) is 5. The smallest absolute Gasteiger partial charge is 0.362 e. The Bertz CT molecular complexity index is 420. The molecule has 0 aromatic carbocycles. The van der Waals surface area contributed by atoms with Crippen LogP contribution in [-0.2, 0) is 4.74 Å². The first-order chi connectivity index (χ1) is 8.07. The number of ether oxygens (including phenoxy) is 1. The van der Waals surface area contributed by atoms with Crippen LogP contribution >= 0.6 is 11.6 Å². The molecule has 0 aliphatic rings. The standard InChI is InChI=1S/C8H11ClN4O4/c1-17-4-2-3-10-8(14)6-5(9)7(12-11-6)13(15)16/h2-4H2,1H3,(H,10,14)(H,11,12). The molecule has 8 nitrogen and oxygen atoms in total. The number of amides is 1. The van der Waals surface area contributed by atoms with Crippen LogP contribution in [0.15, 0.2) is 0 Å². The van der Waals surface area contributed by atoms with Crippen LogP contribution in [0.2, 0.25) is 5.02 Å². The first-order valence-electron chi connectivity index (χ1n) is 4.73. The number of hydrogen-bond donors (Lipinski definition) is 2. The van der Waals surface area contributed by atoms with Gasteiger partial charge < -0.3 is 20.2 Å². The van der Waals surface area contributed by atoms with Crippen molar-refractivity contribution >= 4 is 23.3 Å². The molecule has 0 aliphatic carbocycles. The molecule has 0 atom stereocenters. The van der Waals surface area contributed by atoms with Gasteiger partial charge in [0.15, 0.2) is 10.7 Å². The molecule has 1 aromatic heterocycles. The first kappa shape index (κ1) is 13.4. The van der Waals surface area contributed by atoms with Gasteiger partial charge in [0.2, 0.25) is 0 Å². The van der Waals surface area contributed by atoms with E-state index in [-0.39, 0.29) is 10.7 Å². The molecule has 0 saturated heterocycles. The zero-order chi connectivity index (χ0) is 12.8. The lowest BCUT2D eigenvalue weighted by molar-refractivity contribution is -0.389. The Labute approximate surface area is 101 Å². The van der Waals surface area contributed by atoms with Crippen LogP contribution in [0.1, 0.15) is 16.9 Å². The fourth-order valence-electron chi connectivity index (χ4n) is 1.09. The molecule has 0 bridgehead atoms. The van der Waals surface area contributed by atoms with E-state index < -0.39 is 16.6 Å². The number of halogens is 1. The summed E-state index contributed by atoms with van der Waals surface area (Å²) in [7, 11) is 1.55. The average molecular weight is 263 g/mol. The van der Waals surface area contributed by atoms with Gasteiger partial charge in [0.05, 0.1) is 0 Å². The number of aromatic nitrogens is 2. The molecule has 0 saturated carbocycles. The zero-order valence-corrected chi connectivity index (χ0v) is 9.78. The molecule has 0 fully saturated rings. The van der Waals surface area contributed by atoms with Gasteiger partial charge in [-0.15, -0.1) is 5.10 Å². The van der Waals surface area contributed by atoms with Gasteiger partial charge in [-0.3, -0.25) is 4.79 Å². The molecule has 0 radical (unpaired) electrons. The summed E-state index contributed by atoms with van der Waals surface area (Å²) in [6.45, 7) is 0.887. The molecule has 1 rings (SSSR count). The molecule has 1 heterocycles. The highest BCUT2D eigenvalue weighted by atomic mass is 35.5. The van der Waals surface area contributed by atoms with E-state index in [0.29, 0.717) is 19.6 Å². The van der Waals surface area contributed by atoms with Crippen molar-refractivity contribution in [3.8, 4) is 0 Å². The van der Waals surface area contributed by atoms with E-state index in [1.807, 2.05) is 0 Å². The van der Waals surface area contributed by atoms with Crippen molar-refractivity contribution in [2.24, 2.45) is 0 Å². The van der Waals surface area contributed by atoms with Crippen LogP contribution in [0.5, 0.6) is 0 Å². The molecule has 2 N–H and O–H groups in total. The van der Waals surface area contributed by atoms with Crippen molar-refractivity contribution < 1.29 is 14.5 Å². The highest BCUT2D eigenvalue weighted by molar-refractivity contribution is 6.35. The van der Waals surface area contributed by atoms with Gasteiger partial charge in [-0.1, -0.05) is 16.7 Å². The van der Waals surface area contributed by atoms with E-state index in [1.54, 1.807) is 7.11 Å². The predicted octanol–water partition coefficient (Wildman–Crippen LogP) is 0.738. The molecule has 1 aromatic rings. The topological polar surface area (TPSA) is 110 Å². The van der Waals surface area contributed by atoms with Crippen molar-refractivity contribution in [1.82, 2.24) is 15.5 Å². The van der Waals surface area contributed by atoms with Gasteiger partial charge in [-0.25, -0.2) is 0 Å². The number of nitrogens with one attached hydrogen (secondary N) is 2. The Morgan fingerprint density at radius 1 is 1.71 bits per heavy atom. The van der Waals surface area contributed by atoms with Crippen LogP contribution < -0.4 is 5.32 Å². The van der Waals surface area contributed by atoms with E-state index in [9.17, 15) is 14.9 Å². The third-order valence-corrected chi connectivity index (χ3v) is 2.26. The van der Waals surface area contributed by atoms with Crippen LogP contribution in [0, 0.1) is 10.1 Å². The maximum absolute atomic E-state index is 11.5. The van der Waals surface area contributed by atoms with Gasteiger partial charge in [-0.2, -0.15) is 0 Å². The number of rotatable bonds is 6. The van der Waals surface area contributed by atoms with Gasteiger partial charge in [0.25, 0.3) is 5.91 Å². The highest BCUT2D eigenvalue weighted by Crippen LogP contribution is 2.24. The van der Waals surface area contributed by atoms with Gasteiger partial charge in [0, 0.05) is 20.3 Å². The Hall–Kier alpha value is -1.67. The van der Waals surface area contributed by atoms with Gasteiger partial charge in [0.1, 0.15) is 0 Å². The SMILES string of the molecule is COCCCNC(=O)c1n[nH]c([N+](=O)[O-])c1Cl. The Morgan fingerprint density at radius 3 is 2.94 bits per heavy atom. The maximum atomic E-state index is 11.5. The Balaban J connectivity index is 2.60. The maximum Gasteiger partial charge on any atom is 0.362 e. The Morgan fingerprint density at radius 2 is 2.41 bits per heavy atom. The van der Waals surface area contributed by atoms with E-state index in [0.717, 1.165) is 0 Å². The summed E-state index contributed by atoms with van der Waals surface area (Å²) in [4.78, 5) is 21.2. The zero-order valence-electron chi connectivity index (χ0n) is 9.03. The molecule has 1 amide bonds. The molecule has 17 heavy (non-hydrogen) atoms. The largest absolute Gasteiger partial charge is 0.385 e. The minimum absolute atomic E-state index is 0.184. The average Bonchev–Trinajstić information content (AvgIpc) is 2.66. The van der Waals surface area contributed by atoms with Gasteiger partial charge in [-0.05, 0) is 11.3 Å². The quantitative estimate of drug-likeness (QED) is 0.446. The van der Waals surface area contributed by atoms with Crippen molar-refractivity contribution in [1.29, 1.82) is 0 Å². The number of carbonyl (C=O) groups is 1. The lowest BCUT2D eigenvalue weighted by Gasteiger charge is -2.01. The van der Waals surface area contributed by atoms with Crippen molar-refractivity contribution in [2.45, 2.75) is 6.42 Å².